The number of hydrogen-bond acceptors (Lipinski definition) is 5. The summed E-state index contributed by atoms with van der Waals surface area (Å²) in [6.07, 6.45) is 1.90. The van der Waals surface area contributed by atoms with Crippen LogP contribution in [0.5, 0.6) is 11.5 Å². The molecular weight excluding hydrogens is 344 g/mol. The van der Waals surface area contributed by atoms with Crippen LogP contribution in [-0.4, -0.2) is 30.6 Å². The molecule has 27 heavy (non-hydrogen) atoms. The van der Waals surface area contributed by atoms with Gasteiger partial charge in [0.25, 0.3) is 0 Å². The molecule has 5 heteroatoms. The quantitative estimate of drug-likeness (QED) is 0.645. The highest BCUT2D eigenvalue weighted by atomic mass is 16.5. The SMILES string of the molecule is CCOC(=O)[C@H]1C(=O)C=C(c2ccccc2O)C[C@H]1c1ccc(OC)cc1. The minimum absolute atomic E-state index is 0.111. The van der Waals surface area contributed by atoms with Gasteiger partial charge in [0, 0.05) is 11.5 Å². The number of phenols is 1. The van der Waals surface area contributed by atoms with Crippen molar-refractivity contribution in [3.05, 3.63) is 65.7 Å². The van der Waals surface area contributed by atoms with Gasteiger partial charge in [0.15, 0.2) is 5.78 Å². The van der Waals surface area contributed by atoms with Gasteiger partial charge >= 0.3 is 5.97 Å². The van der Waals surface area contributed by atoms with Crippen LogP contribution < -0.4 is 4.74 Å². The van der Waals surface area contributed by atoms with Gasteiger partial charge in [0.05, 0.1) is 13.7 Å². The predicted octanol–water partition coefficient (Wildman–Crippen LogP) is 3.72. The summed E-state index contributed by atoms with van der Waals surface area (Å²) >= 11 is 0. The van der Waals surface area contributed by atoms with Crippen molar-refractivity contribution in [3.8, 4) is 11.5 Å². The molecule has 1 aliphatic carbocycles. The zero-order valence-electron chi connectivity index (χ0n) is 15.3. The first-order valence-electron chi connectivity index (χ1n) is 8.88. The Morgan fingerprint density at radius 1 is 1.15 bits per heavy atom. The van der Waals surface area contributed by atoms with Gasteiger partial charge in [-0.15, -0.1) is 0 Å². The number of phenolic OH excluding ortho intramolecular Hbond substituents is 1. The fraction of sp³-hybridized carbons (Fsp3) is 0.273. The lowest BCUT2D eigenvalue weighted by Crippen LogP contribution is -2.34. The number of esters is 1. The Morgan fingerprint density at radius 3 is 2.48 bits per heavy atom. The Balaban J connectivity index is 2.03. The topological polar surface area (TPSA) is 72.8 Å². The summed E-state index contributed by atoms with van der Waals surface area (Å²) < 4.78 is 10.3. The number of rotatable bonds is 5. The summed E-state index contributed by atoms with van der Waals surface area (Å²) in [4.78, 5) is 25.3. The molecule has 1 aliphatic rings. The van der Waals surface area contributed by atoms with Crippen LogP contribution in [0.25, 0.3) is 5.57 Å². The highest BCUT2D eigenvalue weighted by molar-refractivity contribution is 6.11. The summed E-state index contributed by atoms with van der Waals surface area (Å²) in [6.45, 7) is 1.94. The summed E-state index contributed by atoms with van der Waals surface area (Å²) in [5.41, 5.74) is 2.16. The van der Waals surface area contributed by atoms with Crippen LogP contribution in [0.4, 0.5) is 0 Å². The van der Waals surface area contributed by atoms with E-state index in [9.17, 15) is 14.7 Å². The molecule has 0 aliphatic heterocycles. The van der Waals surface area contributed by atoms with Crippen molar-refractivity contribution in [1.29, 1.82) is 0 Å². The van der Waals surface area contributed by atoms with Gasteiger partial charge in [-0.25, -0.2) is 0 Å². The zero-order valence-corrected chi connectivity index (χ0v) is 15.3. The number of para-hydroxylation sites is 1. The lowest BCUT2D eigenvalue weighted by Gasteiger charge is -2.29. The normalized spacial score (nSPS) is 19.3. The van der Waals surface area contributed by atoms with Crippen molar-refractivity contribution in [2.24, 2.45) is 5.92 Å². The third-order valence-electron chi connectivity index (χ3n) is 4.80. The minimum Gasteiger partial charge on any atom is -0.507 e. The van der Waals surface area contributed by atoms with Crippen molar-refractivity contribution in [1.82, 2.24) is 0 Å². The molecular formula is C22H22O5. The van der Waals surface area contributed by atoms with Crippen LogP contribution in [-0.2, 0) is 14.3 Å². The molecule has 0 aromatic heterocycles. The predicted molar refractivity (Wildman–Crippen MR) is 102 cm³/mol. The van der Waals surface area contributed by atoms with Crippen molar-refractivity contribution < 1.29 is 24.2 Å². The molecule has 2 atom stereocenters. The average molecular weight is 366 g/mol. The Labute approximate surface area is 158 Å². The third kappa shape index (κ3) is 3.87. The summed E-state index contributed by atoms with van der Waals surface area (Å²) in [7, 11) is 1.58. The monoisotopic (exact) mass is 366 g/mol. The maximum Gasteiger partial charge on any atom is 0.317 e. The second-order valence-electron chi connectivity index (χ2n) is 6.40. The molecule has 0 saturated heterocycles. The van der Waals surface area contributed by atoms with Crippen LogP contribution in [0.2, 0.25) is 0 Å². The van der Waals surface area contributed by atoms with E-state index in [1.54, 1.807) is 50.4 Å². The largest absolute Gasteiger partial charge is 0.507 e. The van der Waals surface area contributed by atoms with Gasteiger partial charge in [0.2, 0.25) is 0 Å². The van der Waals surface area contributed by atoms with Crippen molar-refractivity contribution in [2.75, 3.05) is 13.7 Å². The van der Waals surface area contributed by atoms with Crippen molar-refractivity contribution in [3.63, 3.8) is 0 Å². The minimum atomic E-state index is -0.895. The van der Waals surface area contributed by atoms with Gasteiger partial charge in [-0.05, 0) is 48.8 Å². The van der Waals surface area contributed by atoms with E-state index in [-0.39, 0.29) is 24.1 Å². The van der Waals surface area contributed by atoms with Gasteiger partial charge < -0.3 is 14.6 Å². The third-order valence-corrected chi connectivity index (χ3v) is 4.80. The zero-order chi connectivity index (χ0) is 19.4. The highest BCUT2D eigenvalue weighted by Gasteiger charge is 2.40. The molecule has 0 fully saturated rings. The van der Waals surface area contributed by atoms with Gasteiger partial charge in [0.1, 0.15) is 17.4 Å². The van der Waals surface area contributed by atoms with Crippen molar-refractivity contribution >= 4 is 17.3 Å². The van der Waals surface area contributed by atoms with E-state index in [1.807, 2.05) is 12.1 Å². The lowest BCUT2D eigenvalue weighted by molar-refractivity contribution is -0.151. The molecule has 0 unspecified atom stereocenters. The number of hydrogen-bond donors (Lipinski definition) is 1. The fourth-order valence-corrected chi connectivity index (χ4v) is 3.48. The van der Waals surface area contributed by atoms with E-state index in [0.717, 1.165) is 5.56 Å². The Morgan fingerprint density at radius 2 is 1.85 bits per heavy atom. The first kappa shape index (κ1) is 18.7. The van der Waals surface area contributed by atoms with E-state index in [1.165, 1.54) is 6.08 Å². The Kier molecular flexibility index (Phi) is 5.60. The first-order valence-corrected chi connectivity index (χ1v) is 8.88. The molecule has 0 radical (unpaired) electrons. The number of ether oxygens (including phenoxy) is 2. The summed E-state index contributed by atoms with van der Waals surface area (Å²) in [5, 5.41) is 10.2. The number of methoxy groups -OCH3 is 1. The number of carbonyl (C=O) groups excluding carboxylic acids is 2. The van der Waals surface area contributed by atoms with E-state index in [4.69, 9.17) is 9.47 Å². The number of benzene rings is 2. The number of allylic oxidation sites excluding steroid dienone is 2. The smallest absolute Gasteiger partial charge is 0.317 e. The van der Waals surface area contributed by atoms with Gasteiger partial charge in [-0.3, -0.25) is 9.59 Å². The van der Waals surface area contributed by atoms with E-state index in [0.29, 0.717) is 23.3 Å². The second-order valence-corrected chi connectivity index (χ2v) is 6.40. The molecule has 2 aromatic carbocycles. The van der Waals surface area contributed by atoms with E-state index >= 15 is 0 Å². The first-order chi connectivity index (χ1) is 13.0. The van der Waals surface area contributed by atoms with Crippen molar-refractivity contribution in [2.45, 2.75) is 19.3 Å². The van der Waals surface area contributed by atoms with Gasteiger partial charge in [-0.1, -0.05) is 30.3 Å². The van der Waals surface area contributed by atoms with Crippen LogP contribution >= 0.6 is 0 Å². The molecule has 0 saturated carbocycles. The van der Waals surface area contributed by atoms with Gasteiger partial charge in [-0.2, -0.15) is 0 Å². The van der Waals surface area contributed by atoms with Crippen LogP contribution in [0, 0.1) is 5.92 Å². The molecule has 0 heterocycles. The number of aromatic hydroxyl groups is 1. The molecule has 2 aromatic rings. The molecule has 0 spiro atoms. The second kappa shape index (κ2) is 8.08. The molecule has 5 nitrogen and oxygen atoms in total. The number of ketones is 1. The Hall–Kier alpha value is -3.08. The molecule has 1 N–H and O–H groups in total. The summed E-state index contributed by atoms with van der Waals surface area (Å²) in [6, 6.07) is 14.2. The van der Waals surface area contributed by atoms with Crippen LogP contribution in [0.3, 0.4) is 0 Å². The fourth-order valence-electron chi connectivity index (χ4n) is 3.48. The summed E-state index contributed by atoms with van der Waals surface area (Å²) in [5.74, 6) is -1.28. The standard InChI is InChI=1S/C22H22O5/c1-3-27-22(25)21-18(14-8-10-16(26-2)11-9-14)12-15(13-20(21)24)17-6-4-5-7-19(17)23/h4-11,13,18,21,23H,3,12H2,1-2H3/t18-,21+/m0/s1. The molecule has 3 rings (SSSR count). The average Bonchev–Trinajstić information content (AvgIpc) is 2.68. The van der Waals surface area contributed by atoms with Crippen LogP contribution in [0.15, 0.2) is 54.6 Å². The lowest BCUT2D eigenvalue weighted by atomic mass is 9.73. The molecule has 140 valence electrons. The van der Waals surface area contributed by atoms with Crippen LogP contribution in [0.1, 0.15) is 30.4 Å². The van der Waals surface area contributed by atoms with E-state index in [2.05, 4.69) is 0 Å². The Bertz CT molecular complexity index is 867. The van der Waals surface area contributed by atoms with E-state index < -0.39 is 11.9 Å². The maximum absolute atomic E-state index is 12.8. The molecule has 0 bridgehead atoms. The molecule has 0 amide bonds. The maximum atomic E-state index is 12.8. The number of carbonyl (C=O) groups is 2. The highest BCUT2D eigenvalue weighted by Crippen LogP contribution is 2.42.